The van der Waals surface area contributed by atoms with Gasteiger partial charge >= 0.3 is 0 Å². The van der Waals surface area contributed by atoms with Crippen LogP contribution in [-0.4, -0.2) is 6.54 Å². The maximum Gasteiger partial charge on any atom is 0.135 e. The lowest BCUT2D eigenvalue weighted by molar-refractivity contribution is 0.495. The highest BCUT2D eigenvalue weighted by atomic mass is 35.5. The fourth-order valence-electron chi connectivity index (χ4n) is 2.46. The van der Waals surface area contributed by atoms with Crippen LogP contribution in [0.1, 0.15) is 11.3 Å². The largest absolute Gasteiger partial charge is 0.460 e. The summed E-state index contributed by atoms with van der Waals surface area (Å²) in [4.78, 5) is 0. The van der Waals surface area contributed by atoms with Crippen LogP contribution in [0.2, 0.25) is 20.1 Å². The van der Waals surface area contributed by atoms with Crippen LogP contribution < -0.4 is 5.32 Å². The summed E-state index contributed by atoms with van der Waals surface area (Å²) < 4.78 is 5.85. The number of hydrogen-bond acceptors (Lipinski definition) is 2. The zero-order valence-corrected chi connectivity index (χ0v) is 16.2. The lowest BCUT2D eigenvalue weighted by atomic mass is 10.1. The maximum atomic E-state index is 6.20. The first kappa shape index (κ1) is 18.6. The number of benzene rings is 2. The molecule has 0 radical (unpaired) electrons. The minimum atomic E-state index is 0.607. The SMILES string of the molecule is Clc1ccc(CCNCc2ccc(-c3cc(Cl)ccc3Cl)o2)c(Cl)c1. The van der Waals surface area contributed by atoms with Gasteiger partial charge in [-0.25, -0.2) is 0 Å². The third-order valence-corrected chi connectivity index (χ3v) is 4.89. The molecule has 3 aromatic rings. The van der Waals surface area contributed by atoms with Gasteiger partial charge in [0.25, 0.3) is 0 Å². The lowest BCUT2D eigenvalue weighted by Gasteiger charge is -2.06. The molecule has 1 heterocycles. The van der Waals surface area contributed by atoms with Crippen LogP contribution >= 0.6 is 46.4 Å². The van der Waals surface area contributed by atoms with Crippen molar-refractivity contribution in [3.63, 3.8) is 0 Å². The topological polar surface area (TPSA) is 25.2 Å². The molecule has 25 heavy (non-hydrogen) atoms. The van der Waals surface area contributed by atoms with E-state index in [1.165, 1.54) is 0 Å². The summed E-state index contributed by atoms with van der Waals surface area (Å²) in [5.41, 5.74) is 1.85. The first-order chi connectivity index (χ1) is 12.0. The summed E-state index contributed by atoms with van der Waals surface area (Å²) in [6.07, 6.45) is 0.809. The summed E-state index contributed by atoms with van der Waals surface area (Å²) in [5.74, 6) is 1.53. The van der Waals surface area contributed by atoms with Crippen molar-refractivity contribution in [1.29, 1.82) is 0 Å². The molecule has 0 aliphatic carbocycles. The van der Waals surface area contributed by atoms with Gasteiger partial charge in [-0.2, -0.15) is 0 Å². The zero-order valence-electron chi connectivity index (χ0n) is 13.2. The molecule has 2 aromatic carbocycles. The van der Waals surface area contributed by atoms with Gasteiger partial charge in [0.2, 0.25) is 0 Å². The third kappa shape index (κ3) is 4.93. The summed E-state index contributed by atoms with van der Waals surface area (Å²) >= 11 is 24.3. The molecule has 2 nitrogen and oxygen atoms in total. The molecule has 130 valence electrons. The van der Waals surface area contributed by atoms with E-state index in [4.69, 9.17) is 50.8 Å². The second-order valence-corrected chi connectivity index (χ2v) is 7.24. The van der Waals surface area contributed by atoms with E-state index in [-0.39, 0.29) is 0 Å². The lowest BCUT2D eigenvalue weighted by Crippen LogP contribution is -2.16. The minimum Gasteiger partial charge on any atom is -0.460 e. The van der Waals surface area contributed by atoms with Crippen LogP contribution in [0.4, 0.5) is 0 Å². The molecular weight excluding hydrogens is 400 g/mol. The van der Waals surface area contributed by atoms with Crippen molar-refractivity contribution in [3.05, 3.63) is 79.9 Å². The van der Waals surface area contributed by atoms with Crippen molar-refractivity contribution in [3.8, 4) is 11.3 Å². The Labute approximate surface area is 166 Å². The second kappa shape index (κ2) is 8.48. The van der Waals surface area contributed by atoms with Crippen molar-refractivity contribution in [2.24, 2.45) is 0 Å². The summed E-state index contributed by atoms with van der Waals surface area (Å²) in [6.45, 7) is 1.39. The Morgan fingerprint density at radius 1 is 0.800 bits per heavy atom. The summed E-state index contributed by atoms with van der Waals surface area (Å²) in [5, 5.41) is 5.89. The number of nitrogens with one attached hydrogen (secondary N) is 1. The standard InChI is InChI=1S/C19H15Cl4NO/c20-13-3-5-17(22)16(9-13)19-6-4-15(25-19)11-24-8-7-12-1-2-14(21)10-18(12)23/h1-6,9-10,24H,7-8,11H2. The molecular formula is C19H15Cl4NO. The van der Waals surface area contributed by atoms with E-state index in [9.17, 15) is 0 Å². The Kier molecular flexibility index (Phi) is 6.32. The predicted molar refractivity (Wildman–Crippen MR) is 106 cm³/mol. The molecule has 0 bridgehead atoms. The van der Waals surface area contributed by atoms with Crippen LogP contribution in [0.5, 0.6) is 0 Å². The maximum absolute atomic E-state index is 6.20. The molecule has 1 N–H and O–H groups in total. The fraction of sp³-hybridized carbons (Fsp3) is 0.158. The average molecular weight is 415 g/mol. The quantitative estimate of drug-likeness (QED) is 0.444. The molecule has 6 heteroatoms. The molecule has 0 saturated carbocycles. The van der Waals surface area contributed by atoms with Crippen molar-refractivity contribution in [1.82, 2.24) is 5.32 Å². The van der Waals surface area contributed by atoms with Gasteiger partial charge in [-0.05, 0) is 61.0 Å². The molecule has 0 amide bonds. The molecule has 3 rings (SSSR count). The molecule has 0 saturated heterocycles. The van der Waals surface area contributed by atoms with Crippen LogP contribution in [0.3, 0.4) is 0 Å². The van der Waals surface area contributed by atoms with Gasteiger partial charge in [-0.15, -0.1) is 0 Å². The van der Waals surface area contributed by atoms with Gasteiger partial charge in [-0.3, -0.25) is 0 Å². The summed E-state index contributed by atoms with van der Waals surface area (Å²) in [7, 11) is 0. The number of hydrogen-bond donors (Lipinski definition) is 1. The van der Waals surface area contributed by atoms with E-state index in [1.54, 1.807) is 24.3 Å². The first-order valence-corrected chi connectivity index (χ1v) is 9.23. The minimum absolute atomic E-state index is 0.607. The molecule has 0 aliphatic heterocycles. The Balaban J connectivity index is 1.56. The Hall–Kier alpha value is -1.16. The molecule has 0 unspecified atom stereocenters. The van der Waals surface area contributed by atoms with Gasteiger partial charge in [0, 0.05) is 20.6 Å². The first-order valence-electron chi connectivity index (χ1n) is 7.72. The van der Waals surface area contributed by atoms with Gasteiger partial charge < -0.3 is 9.73 Å². The van der Waals surface area contributed by atoms with Gasteiger partial charge in [0.1, 0.15) is 11.5 Å². The Morgan fingerprint density at radius 3 is 2.36 bits per heavy atom. The van der Waals surface area contributed by atoms with Gasteiger partial charge in [-0.1, -0.05) is 52.5 Å². The third-order valence-electron chi connectivity index (χ3n) is 3.74. The normalized spacial score (nSPS) is 11.0. The van der Waals surface area contributed by atoms with Crippen molar-refractivity contribution in [2.45, 2.75) is 13.0 Å². The van der Waals surface area contributed by atoms with Crippen molar-refractivity contribution in [2.75, 3.05) is 6.54 Å². The van der Waals surface area contributed by atoms with E-state index >= 15 is 0 Å². The molecule has 0 aliphatic rings. The fourth-order valence-corrected chi connectivity index (χ4v) is 3.35. The number of halogens is 4. The smallest absolute Gasteiger partial charge is 0.135 e. The molecule has 1 aromatic heterocycles. The van der Waals surface area contributed by atoms with E-state index < -0.39 is 0 Å². The van der Waals surface area contributed by atoms with Crippen molar-refractivity contribution >= 4 is 46.4 Å². The van der Waals surface area contributed by atoms with Crippen LogP contribution in [0, 0.1) is 0 Å². The number of furan rings is 1. The molecule has 0 fully saturated rings. The van der Waals surface area contributed by atoms with Crippen molar-refractivity contribution < 1.29 is 4.42 Å². The van der Waals surface area contributed by atoms with Crippen LogP contribution in [-0.2, 0) is 13.0 Å². The van der Waals surface area contributed by atoms with E-state index in [2.05, 4.69) is 5.32 Å². The zero-order chi connectivity index (χ0) is 17.8. The predicted octanol–water partition coefficient (Wildman–Crippen LogP) is 6.89. The monoisotopic (exact) mass is 413 g/mol. The Bertz CT molecular complexity index is 876. The summed E-state index contributed by atoms with van der Waals surface area (Å²) in [6, 6.07) is 14.7. The van der Waals surface area contributed by atoms with Gasteiger partial charge in [0.05, 0.1) is 11.6 Å². The number of rotatable bonds is 6. The highest BCUT2D eigenvalue weighted by Gasteiger charge is 2.09. The molecule has 0 spiro atoms. The second-order valence-electron chi connectivity index (χ2n) is 5.55. The Morgan fingerprint density at radius 2 is 1.56 bits per heavy atom. The van der Waals surface area contributed by atoms with Crippen LogP contribution in [0.15, 0.2) is 52.9 Å². The highest BCUT2D eigenvalue weighted by Crippen LogP contribution is 2.31. The van der Waals surface area contributed by atoms with E-state index in [0.29, 0.717) is 32.4 Å². The van der Waals surface area contributed by atoms with E-state index in [1.807, 2.05) is 24.3 Å². The molecule has 0 atom stereocenters. The van der Waals surface area contributed by atoms with E-state index in [0.717, 1.165) is 29.9 Å². The van der Waals surface area contributed by atoms with Gasteiger partial charge in [0.15, 0.2) is 0 Å². The van der Waals surface area contributed by atoms with Crippen LogP contribution in [0.25, 0.3) is 11.3 Å². The highest BCUT2D eigenvalue weighted by molar-refractivity contribution is 6.35. The average Bonchev–Trinajstić information content (AvgIpc) is 3.04.